The molecule has 0 bridgehead atoms. The monoisotopic (exact) mass is 287 g/mol. The smallest absolute Gasteiger partial charge is 0.333 e. The maximum absolute atomic E-state index is 12.1. The summed E-state index contributed by atoms with van der Waals surface area (Å²) in [6, 6.07) is 7.35. The van der Waals surface area contributed by atoms with Crippen molar-refractivity contribution in [2.75, 3.05) is 12.4 Å². The lowest BCUT2D eigenvalue weighted by molar-refractivity contribution is -0.141. The highest BCUT2D eigenvalue weighted by atomic mass is 16.5. The van der Waals surface area contributed by atoms with E-state index >= 15 is 0 Å². The Hall–Kier alpha value is -2.30. The molecule has 0 fully saturated rings. The standard InChI is InChI=1S/C16H21N3O2/c1-5-14-13(10-19(3)18-14)15(16(20)21-4)17-12-8-6-11(2)7-9-12/h6-10,15,17H,5H2,1-4H3. The average molecular weight is 287 g/mol. The molecule has 1 unspecified atom stereocenters. The maximum Gasteiger partial charge on any atom is 0.333 e. The highest BCUT2D eigenvalue weighted by Gasteiger charge is 2.25. The van der Waals surface area contributed by atoms with Crippen LogP contribution in [-0.4, -0.2) is 22.9 Å². The molecule has 5 nitrogen and oxygen atoms in total. The number of aryl methyl sites for hydroxylation is 3. The van der Waals surface area contributed by atoms with Gasteiger partial charge in [0.15, 0.2) is 6.04 Å². The van der Waals surface area contributed by atoms with Gasteiger partial charge in [-0.1, -0.05) is 24.6 Å². The summed E-state index contributed by atoms with van der Waals surface area (Å²) in [5, 5.41) is 7.62. The van der Waals surface area contributed by atoms with E-state index in [4.69, 9.17) is 4.74 Å². The summed E-state index contributed by atoms with van der Waals surface area (Å²) >= 11 is 0. The molecule has 0 aliphatic heterocycles. The van der Waals surface area contributed by atoms with E-state index in [1.807, 2.05) is 51.4 Å². The summed E-state index contributed by atoms with van der Waals surface area (Å²) in [6.45, 7) is 4.05. The quantitative estimate of drug-likeness (QED) is 0.859. The normalized spacial score (nSPS) is 12.0. The number of methoxy groups -OCH3 is 1. The zero-order valence-corrected chi connectivity index (χ0v) is 12.9. The van der Waals surface area contributed by atoms with Crippen LogP contribution in [0.25, 0.3) is 0 Å². The average Bonchev–Trinajstić information content (AvgIpc) is 2.86. The molecule has 2 rings (SSSR count). The van der Waals surface area contributed by atoms with Gasteiger partial charge in [0.1, 0.15) is 0 Å². The second kappa shape index (κ2) is 6.43. The predicted octanol–water partition coefficient (Wildman–Crippen LogP) is 2.62. The van der Waals surface area contributed by atoms with Crippen LogP contribution in [0, 0.1) is 6.92 Å². The first-order chi connectivity index (χ1) is 10.0. The second-order valence-electron chi connectivity index (χ2n) is 5.02. The van der Waals surface area contributed by atoms with Crippen LogP contribution >= 0.6 is 0 Å². The number of nitrogens with zero attached hydrogens (tertiary/aromatic N) is 2. The van der Waals surface area contributed by atoms with Gasteiger partial charge in [0.05, 0.1) is 12.8 Å². The van der Waals surface area contributed by atoms with Gasteiger partial charge in [-0.2, -0.15) is 5.10 Å². The molecule has 1 N–H and O–H groups in total. The molecule has 0 saturated carbocycles. The molecular weight excluding hydrogens is 266 g/mol. The summed E-state index contributed by atoms with van der Waals surface area (Å²) in [4.78, 5) is 12.1. The van der Waals surface area contributed by atoms with E-state index in [0.29, 0.717) is 0 Å². The van der Waals surface area contributed by atoms with Gasteiger partial charge in [0.2, 0.25) is 0 Å². The van der Waals surface area contributed by atoms with E-state index in [9.17, 15) is 4.79 Å². The van der Waals surface area contributed by atoms with Gasteiger partial charge in [0.25, 0.3) is 0 Å². The number of ether oxygens (including phenoxy) is 1. The van der Waals surface area contributed by atoms with Gasteiger partial charge in [-0.15, -0.1) is 0 Å². The number of rotatable bonds is 5. The van der Waals surface area contributed by atoms with Crippen molar-refractivity contribution in [1.82, 2.24) is 9.78 Å². The molecule has 1 atom stereocenters. The van der Waals surface area contributed by atoms with Crippen LogP contribution in [0.2, 0.25) is 0 Å². The number of hydrogen-bond donors (Lipinski definition) is 1. The van der Waals surface area contributed by atoms with Crippen molar-refractivity contribution in [2.45, 2.75) is 26.3 Å². The van der Waals surface area contributed by atoms with Gasteiger partial charge in [-0.05, 0) is 25.5 Å². The molecule has 0 amide bonds. The van der Waals surface area contributed by atoms with Crippen LogP contribution < -0.4 is 5.32 Å². The number of carbonyl (C=O) groups is 1. The summed E-state index contributed by atoms with van der Waals surface area (Å²) in [7, 11) is 3.25. The topological polar surface area (TPSA) is 56.2 Å². The largest absolute Gasteiger partial charge is 0.467 e. The Kier molecular flexibility index (Phi) is 4.62. The summed E-state index contributed by atoms with van der Waals surface area (Å²) in [5.41, 5.74) is 3.80. The van der Waals surface area contributed by atoms with Gasteiger partial charge >= 0.3 is 5.97 Å². The lowest BCUT2D eigenvalue weighted by atomic mass is 10.1. The second-order valence-corrected chi connectivity index (χ2v) is 5.02. The van der Waals surface area contributed by atoms with Gasteiger partial charge < -0.3 is 10.1 Å². The molecule has 2 aromatic rings. The SMILES string of the molecule is CCc1nn(C)cc1C(Nc1ccc(C)cc1)C(=O)OC. The molecule has 1 aromatic carbocycles. The van der Waals surface area contributed by atoms with Crippen LogP contribution in [0.3, 0.4) is 0 Å². The molecule has 0 aliphatic carbocycles. The van der Waals surface area contributed by atoms with E-state index < -0.39 is 6.04 Å². The Morgan fingerprint density at radius 2 is 2.05 bits per heavy atom. The van der Waals surface area contributed by atoms with Gasteiger partial charge in [-0.25, -0.2) is 4.79 Å². The Labute approximate surface area is 124 Å². The maximum atomic E-state index is 12.1. The highest BCUT2D eigenvalue weighted by Crippen LogP contribution is 2.24. The van der Waals surface area contributed by atoms with Crippen molar-refractivity contribution < 1.29 is 9.53 Å². The highest BCUT2D eigenvalue weighted by molar-refractivity contribution is 5.81. The molecule has 1 aromatic heterocycles. The third kappa shape index (κ3) is 3.42. The van der Waals surface area contributed by atoms with Crippen LogP contribution in [0.1, 0.15) is 29.8 Å². The minimum absolute atomic E-state index is 0.321. The third-order valence-corrected chi connectivity index (χ3v) is 3.38. The van der Waals surface area contributed by atoms with E-state index in [1.165, 1.54) is 12.7 Å². The van der Waals surface area contributed by atoms with Crippen LogP contribution in [0.15, 0.2) is 30.5 Å². The van der Waals surface area contributed by atoms with Crippen molar-refractivity contribution in [3.8, 4) is 0 Å². The number of carbonyl (C=O) groups excluding carboxylic acids is 1. The lowest BCUT2D eigenvalue weighted by Gasteiger charge is -2.17. The predicted molar refractivity (Wildman–Crippen MR) is 82.1 cm³/mol. The molecule has 5 heteroatoms. The fourth-order valence-electron chi connectivity index (χ4n) is 2.27. The van der Waals surface area contributed by atoms with Crippen molar-refractivity contribution in [3.63, 3.8) is 0 Å². The Morgan fingerprint density at radius 1 is 1.38 bits per heavy atom. The molecule has 0 spiro atoms. The van der Waals surface area contributed by atoms with E-state index in [1.54, 1.807) is 4.68 Å². The minimum Gasteiger partial charge on any atom is -0.467 e. The zero-order valence-electron chi connectivity index (χ0n) is 12.9. The molecule has 112 valence electrons. The van der Waals surface area contributed by atoms with Crippen molar-refractivity contribution >= 4 is 11.7 Å². The van der Waals surface area contributed by atoms with Crippen LogP contribution in [-0.2, 0) is 23.0 Å². The molecular formula is C16H21N3O2. The minimum atomic E-state index is -0.554. The number of aromatic nitrogens is 2. The number of esters is 1. The summed E-state index contributed by atoms with van der Waals surface area (Å²) in [5.74, 6) is -0.321. The van der Waals surface area contributed by atoms with Crippen molar-refractivity contribution in [2.24, 2.45) is 7.05 Å². The Bertz CT molecular complexity index is 617. The fourth-order valence-corrected chi connectivity index (χ4v) is 2.27. The van der Waals surface area contributed by atoms with Crippen LogP contribution in [0.4, 0.5) is 5.69 Å². The lowest BCUT2D eigenvalue weighted by Crippen LogP contribution is -2.23. The van der Waals surface area contributed by atoms with E-state index in [0.717, 1.165) is 23.4 Å². The van der Waals surface area contributed by atoms with Gasteiger partial charge in [0, 0.05) is 24.5 Å². The summed E-state index contributed by atoms with van der Waals surface area (Å²) in [6.07, 6.45) is 2.63. The first-order valence-electron chi connectivity index (χ1n) is 6.98. The van der Waals surface area contributed by atoms with E-state index in [-0.39, 0.29) is 5.97 Å². The summed E-state index contributed by atoms with van der Waals surface area (Å²) < 4.78 is 6.66. The molecule has 21 heavy (non-hydrogen) atoms. The molecule has 0 radical (unpaired) electrons. The number of anilines is 1. The first kappa shape index (κ1) is 15.1. The van der Waals surface area contributed by atoms with Gasteiger partial charge in [-0.3, -0.25) is 4.68 Å². The molecule has 0 aliphatic rings. The number of hydrogen-bond acceptors (Lipinski definition) is 4. The number of nitrogens with one attached hydrogen (secondary N) is 1. The first-order valence-corrected chi connectivity index (χ1v) is 6.98. The third-order valence-electron chi connectivity index (χ3n) is 3.38. The fraction of sp³-hybridized carbons (Fsp3) is 0.375. The molecule has 1 heterocycles. The number of benzene rings is 1. The zero-order chi connectivity index (χ0) is 15.4. The van der Waals surface area contributed by atoms with Crippen molar-refractivity contribution in [1.29, 1.82) is 0 Å². The van der Waals surface area contributed by atoms with E-state index in [2.05, 4.69) is 10.4 Å². The van der Waals surface area contributed by atoms with Crippen molar-refractivity contribution in [3.05, 3.63) is 47.3 Å². The van der Waals surface area contributed by atoms with Crippen LogP contribution in [0.5, 0.6) is 0 Å². The Balaban J connectivity index is 2.34. The Morgan fingerprint density at radius 3 is 2.62 bits per heavy atom. The molecule has 0 saturated heterocycles.